The van der Waals surface area contributed by atoms with Crippen molar-refractivity contribution in [1.29, 1.82) is 0 Å². The van der Waals surface area contributed by atoms with Crippen LogP contribution < -0.4 is 0 Å². The van der Waals surface area contributed by atoms with Crippen LogP contribution in [0.25, 0.3) is 0 Å². The van der Waals surface area contributed by atoms with Crippen molar-refractivity contribution in [2.45, 2.75) is 20.4 Å². The van der Waals surface area contributed by atoms with Crippen LogP contribution in [-0.4, -0.2) is 42.5 Å². The average Bonchev–Trinajstić information content (AvgIpc) is 2.28. The molecule has 4 heteroatoms. The van der Waals surface area contributed by atoms with Gasteiger partial charge in [0.05, 0.1) is 12.2 Å². The lowest BCUT2D eigenvalue weighted by Crippen LogP contribution is -2.31. The Kier molecular flexibility index (Phi) is 5.80. The number of carbonyl (C=O) groups is 1. The largest absolute Gasteiger partial charge is 0.377 e. The minimum atomic E-state index is 0.0991. The van der Waals surface area contributed by atoms with E-state index in [9.17, 15) is 4.79 Å². The second-order valence-corrected chi connectivity index (χ2v) is 4.05. The van der Waals surface area contributed by atoms with Crippen LogP contribution in [0.2, 0.25) is 0 Å². The molecule has 0 aliphatic heterocycles. The first kappa shape index (κ1) is 13.8. The molecule has 0 aliphatic carbocycles. The van der Waals surface area contributed by atoms with Gasteiger partial charge < -0.3 is 4.74 Å². The zero-order valence-corrected chi connectivity index (χ0v) is 10.8. The van der Waals surface area contributed by atoms with E-state index in [1.807, 2.05) is 32.0 Å². The molecule has 0 atom stereocenters. The number of likely N-dealkylation sites (N-methyl/N-ethyl adjacent to an activating group) is 1. The summed E-state index contributed by atoms with van der Waals surface area (Å²) in [7, 11) is 1.54. The number of aryl methyl sites for hydroxylation is 1. The molecular weight excluding hydrogens is 216 g/mol. The maximum Gasteiger partial charge on any atom is 0.172 e. The van der Waals surface area contributed by atoms with Crippen molar-refractivity contribution in [2.24, 2.45) is 0 Å². The lowest BCUT2D eigenvalue weighted by atomic mass is 10.2. The van der Waals surface area contributed by atoms with E-state index in [1.165, 1.54) is 7.11 Å². The van der Waals surface area contributed by atoms with E-state index in [0.29, 0.717) is 13.1 Å². The monoisotopic (exact) mass is 236 g/mol. The smallest absolute Gasteiger partial charge is 0.172 e. The molecule has 0 aliphatic rings. The van der Waals surface area contributed by atoms with Crippen LogP contribution in [0.5, 0.6) is 0 Å². The predicted octanol–water partition coefficient (Wildman–Crippen LogP) is 1.43. The lowest BCUT2D eigenvalue weighted by molar-refractivity contribution is -0.123. The van der Waals surface area contributed by atoms with Gasteiger partial charge in [-0.1, -0.05) is 13.0 Å². The molecule has 0 N–H and O–H groups in total. The summed E-state index contributed by atoms with van der Waals surface area (Å²) in [6.45, 7) is 6.13. The second-order valence-electron chi connectivity index (χ2n) is 4.05. The third-order valence-corrected chi connectivity index (χ3v) is 2.48. The van der Waals surface area contributed by atoms with Crippen molar-refractivity contribution in [2.75, 3.05) is 26.8 Å². The van der Waals surface area contributed by atoms with Gasteiger partial charge in [-0.25, -0.2) is 0 Å². The molecular formula is C13H20N2O2. The summed E-state index contributed by atoms with van der Waals surface area (Å²) in [5.74, 6) is 0.0991. The summed E-state index contributed by atoms with van der Waals surface area (Å²) < 4.78 is 4.83. The number of aromatic nitrogens is 1. The summed E-state index contributed by atoms with van der Waals surface area (Å²) >= 11 is 0. The van der Waals surface area contributed by atoms with Crippen molar-refractivity contribution in [1.82, 2.24) is 9.88 Å². The van der Waals surface area contributed by atoms with Gasteiger partial charge in [-0.05, 0) is 25.6 Å². The maximum absolute atomic E-state index is 11.5. The van der Waals surface area contributed by atoms with Crippen LogP contribution >= 0.6 is 0 Å². The molecule has 0 radical (unpaired) electrons. The number of ketones is 1. The zero-order valence-electron chi connectivity index (χ0n) is 10.8. The molecule has 1 rings (SSSR count). The SMILES string of the molecule is CCN(CC(=O)COC)Cc1cccc(C)n1. The predicted molar refractivity (Wildman–Crippen MR) is 66.8 cm³/mol. The van der Waals surface area contributed by atoms with Gasteiger partial charge in [0.15, 0.2) is 5.78 Å². The Bertz CT molecular complexity index is 366. The molecule has 17 heavy (non-hydrogen) atoms. The summed E-state index contributed by atoms with van der Waals surface area (Å²) in [6, 6.07) is 5.94. The summed E-state index contributed by atoms with van der Waals surface area (Å²) in [6.07, 6.45) is 0. The van der Waals surface area contributed by atoms with Crippen molar-refractivity contribution in [3.8, 4) is 0 Å². The molecule has 4 nitrogen and oxygen atoms in total. The fourth-order valence-electron chi connectivity index (χ4n) is 1.65. The molecule has 0 spiro atoms. The van der Waals surface area contributed by atoms with E-state index >= 15 is 0 Å². The first-order valence-corrected chi connectivity index (χ1v) is 5.81. The second kappa shape index (κ2) is 7.14. The quantitative estimate of drug-likeness (QED) is 0.718. The molecule has 0 fully saturated rings. The average molecular weight is 236 g/mol. The minimum Gasteiger partial charge on any atom is -0.377 e. The van der Waals surface area contributed by atoms with Gasteiger partial charge in [0.25, 0.3) is 0 Å². The van der Waals surface area contributed by atoms with Crippen molar-refractivity contribution in [3.05, 3.63) is 29.6 Å². The molecule has 1 heterocycles. The molecule has 1 aromatic heterocycles. The number of hydrogen-bond donors (Lipinski definition) is 0. The highest BCUT2D eigenvalue weighted by Crippen LogP contribution is 2.03. The third-order valence-electron chi connectivity index (χ3n) is 2.48. The van der Waals surface area contributed by atoms with Crippen LogP contribution in [0.15, 0.2) is 18.2 Å². The Labute approximate surface area is 103 Å². The van der Waals surface area contributed by atoms with Gasteiger partial charge in [-0.3, -0.25) is 14.7 Å². The van der Waals surface area contributed by atoms with E-state index in [-0.39, 0.29) is 12.4 Å². The van der Waals surface area contributed by atoms with Gasteiger partial charge in [0.1, 0.15) is 6.61 Å². The van der Waals surface area contributed by atoms with E-state index in [1.54, 1.807) is 0 Å². The maximum atomic E-state index is 11.5. The summed E-state index contributed by atoms with van der Waals surface area (Å²) in [5.41, 5.74) is 2.00. The molecule has 0 saturated heterocycles. The number of rotatable bonds is 7. The highest BCUT2D eigenvalue weighted by atomic mass is 16.5. The van der Waals surface area contributed by atoms with E-state index < -0.39 is 0 Å². The lowest BCUT2D eigenvalue weighted by Gasteiger charge is -2.19. The van der Waals surface area contributed by atoms with Gasteiger partial charge in [-0.15, -0.1) is 0 Å². The Hall–Kier alpha value is -1.26. The van der Waals surface area contributed by atoms with Crippen molar-refractivity contribution >= 4 is 5.78 Å². The topological polar surface area (TPSA) is 42.4 Å². The Morgan fingerprint density at radius 3 is 2.82 bits per heavy atom. The zero-order chi connectivity index (χ0) is 12.7. The third kappa shape index (κ3) is 5.06. The molecule has 0 amide bonds. The van der Waals surface area contributed by atoms with Crippen LogP contribution in [0.1, 0.15) is 18.3 Å². The Balaban J connectivity index is 2.54. The van der Waals surface area contributed by atoms with Crippen molar-refractivity contribution < 1.29 is 9.53 Å². The van der Waals surface area contributed by atoms with Crippen LogP contribution in [0, 0.1) is 6.92 Å². The molecule has 94 valence electrons. The van der Waals surface area contributed by atoms with Gasteiger partial charge in [0, 0.05) is 19.3 Å². The van der Waals surface area contributed by atoms with Crippen molar-refractivity contribution in [3.63, 3.8) is 0 Å². The fourth-order valence-corrected chi connectivity index (χ4v) is 1.65. The molecule has 0 unspecified atom stereocenters. The fraction of sp³-hybridized carbons (Fsp3) is 0.538. The first-order valence-electron chi connectivity index (χ1n) is 5.81. The summed E-state index contributed by atoms with van der Waals surface area (Å²) in [5, 5.41) is 0. The number of hydrogen-bond acceptors (Lipinski definition) is 4. The highest BCUT2D eigenvalue weighted by molar-refractivity contribution is 5.81. The van der Waals surface area contributed by atoms with Gasteiger partial charge in [-0.2, -0.15) is 0 Å². The first-order chi connectivity index (χ1) is 8.15. The highest BCUT2D eigenvalue weighted by Gasteiger charge is 2.10. The molecule has 0 aromatic carbocycles. The van der Waals surface area contributed by atoms with E-state index in [0.717, 1.165) is 17.9 Å². The number of methoxy groups -OCH3 is 1. The van der Waals surface area contributed by atoms with Crippen LogP contribution in [0.4, 0.5) is 0 Å². The van der Waals surface area contributed by atoms with Crippen LogP contribution in [0.3, 0.4) is 0 Å². The number of carbonyl (C=O) groups excluding carboxylic acids is 1. The standard InChI is InChI=1S/C13H20N2O2/c1-4-15(9-13(16)10-17-3)8-12-7-5-6-11(2)14-12/h5-7H,4,8-10H2,1-3H3. The number of nitrogens with zero attached hydrogens (tertiary/aromatic N) is 2. The number of Topliss-reactive ketones (excluding diaryl/α,β-unsaturated/α-hetero) is 1. The van der Waals surface area contributed by atoms with Crippen LogP contribution in [-0.2, 0) is 16.1 Å². The number of pyridine rings is 1. The van der Waals surface area contributed by atoms with Gasteiger partial charge >= 0.3 is 0 Å². The Morgan fingerprint density at radius 1 is 1.47 bits per heavy atom. The Morgan fingerprint density at radius 2 is 2.24 bits per heavy atom. The molecule has 0 bridgehead atoms. The minimum absolute atomic E-state index is 0.0991. The summed E-state index contributed by atoms with van der Waals surface area (Å²) in [4.78, 5) is 18.0. The van der Waals surface area contributed by atoms with E-state index in [2.05, 4.69) is 9.88 Å². The van der Waals surface area contributed by atoms with Gasteiger partial charge in [0.2, 0.25) is 0 Å². The molecule has 0 saturated carbocycles. The normalized spacial score (nSPS) is 10.8. The van der Waals surface area contributed by atoms with E-state index in [4.69, 9.17) is 4.74 Å². The molecule has 1 aromatic rings. The number of ether oxygens (including phenoxy) is 1.